The molecule has 1 fully saturated rings. The zero-order valence-electron chi connectivity index (χ0n) is 11.4. The van der Waals surface area contributed by atoms with E-state index in [1.807, 2.05) is 18.7 Å². The summed E-state index contributed by atoms with van der Waals surface area (Å²) >= 11 is 5.50. The Bertz CT molecular complexity index is 522. The topological polar surface area (TPSA) is 49.3 Å². The van der Waals surface area contributed by atoms with Crippen LogP contribution in [0.1, 0.15) is 19.5 Å². The summed E-state index contributed by atoms with van der Waals surface area (Å²) in [7, 11) is 0. The van der Waals surface area contributed by atoms with Crippen LogP contribution < -0.4 is 4.90 Å². The minimum Gasteiger partial charge on any atom is -0.349 e. The van der Waals surface area contributed by atoms with Gasteiger partial charge in [0.2, 0.25) is 0 Å². The van der Waals surface area contributed by atoms with Crippen LogP contribution in [-0.4, -0.2) is 45.4 Å². The van der Waals surface area contributed by atoms with E-state index < -0.39 is 17.2 Å². The van der Waals surface area contributed by atoms with Crippen LogP contribution in [-0.2, 0) is 6.18 Å². The first-order valence-corrected chi connectivity index (χ1v) is 6.70. The fourth-order valence-electron chi connectivity index (χ4n) is 2.31. The molecule has 0 saturated carbocycles. The summed E-state index contributed by atoms with van der Waals surface area (Å²) in [6.07, 6.45) is -2.69. The summed E-state index contributed by atoms with van der Waals surface area (Å²) in [5, 5.41) is -0.535. The summed E-state index contributed by atoms with van der Waals surface area (Å²) in [4.78, 5) is 21.8. The SMILES string of the molecule is C[C@@H]1CN(c2cnc(C(F)(F)F)cn2)[C@@H](C)CN1C(=O)Cl. The van der Waals surface area contributed by atoms with E-state index in [2.05, 4.69) is 9.97 Å². The standard InChI is InChI=1S/C12H14ClF3N4O/c1-7-6-20(11(13)21)8(2)5-19(7)10-4-17-9(3-18-10)12(14,15)16/h3-4,7-8H,5-6H2,1-2H3/t7-,8+/m0/s1. The van der Waals surface area contributed by atoms with Gasteiger partial charge >= 0.3 is 11.5 Å². The predicted molar refractivity (Wildman–Crippen MR) is 71.3 cm³/mol. The van der Waals surface area contributed by atoms with Gasteiger partial charge in [-0.05, 0) is 25.4 Å². The van der Waals surface area contributed by atoms with Crippen molar-refractivity contribution in [2.75, 3.05) is 18.0 Å². The molecule has 0 aromatic carbocycles. The Balaban J connectivity index is 2.17. The van der Waals surface area contributed by atoms with Crippen molar-refractivity contribution in [3.05, 3.63) is 18.1 Å². The van der Waals surface area contributed by atoms with Gasteiger partial charge in [-0.15, -0.1) is 0 Å². The van der Waals surface area contributed by atoms with Crippen molar-refractivity contribution in [1.82, 2.24) is 14.9 Å². The lowest BCUT2D eigenvalue weighted by molar-refractivity contribution is -0.141. The van der Waals surface area contributed by atoms with Crippen molar-refractivity contribution in [2.24, 2.45) is 0 Å². The maximum atomic E-state index is 12.5. The highest BCUT2D eigenvalue weighted by atomic mass is 35.5. The van der Waals surface area contributed by atoms with Gasteiger partial charge in [0.05, 0.1) is 12.4 Å². The number of piperazine rings is 1. The van der Waals surface area contributed by atoms with E-state index in [0.29, 0.717) is 25.1 Å². The average molecular weight is 323 g/mol. The molecule has 0 radical (unpaired) electrons. The second-order valence-corrected chi connectivity index (χ2v) is 5.34. The molecule has 0 N–H and O–H groups in total. The van der Waals surface area contributed by atoms with Gasteiger partial charge in [0, 0.05) is 25.2 Å². The molecule has 21 heavy (non-hydrogen) atoms. The van der Waals surface area contributed by atoms with Crippen LogP contribution in [0.2, 0.25) is 0 Å². The van der Waals surface area contributed by atoms with Crippen LogP contribution in [0.5, 0.6) is 0 Å². The fraction of sp³-hybridized carbons (Fsp3) is 0.583. The third-order valence-corrected chi connectivity index (χ3v) is 3.65. The molecule has 1 aromatic heterocycles. The molecule has 0 aliphatic carbocycles. The summed E-state index contributed by atoms with van der Waals surface area (Å²) in [6.45, 7) is 4.47. The number of halogens is 4. The first-order chi connectivity index (χ1) is 9.70. The molecule has 0 spiro atoms. The van der Waals surface area contributed by atoms with Gasteiger partial charge in [-0.3, -0.25) is 4.79 Å². The lowest BCUT2D eigenvalue weighted by Crippen LogP contribution is -2.57. The Labute approximate surface area is 124 Å². The van der Waals surface area contributed by atoms with E-state index in [0.717, 1.165) is 6.20 Å². The van der Waals surface area contributed by atoms with Crippen molar-refractivity contribution in [3.63, 3.8) is 0 Å². The summed E-state index contributed by atoms with van der Waals surface area (Å²) in [6, 6.07) is -0.273. The number of carbonyl (C=O) groups is 1. The number of hydrogen-bond donors (Lipinski definition) is 0. The van der Waals surface area contributed by atoms with E-state index in [-0.39, 0.29) is 12.1 Å². The van der Waals surface area contributed by atoms with E-state index >= 15 is 0 Å². The molecule has 2 atom stereocenters. The number of rotatable bonds is 1. The van der Waals surface area contributed by atoms with Gasteiger partial charge in [-0.1, -0.05) is 0 Å². The third kappa shape index (κ3) is 3.37. The van der Waals surface area contributed by atoms with Gasteiger partial charge in [-0.2, -0.15) is 13.2 Å². The molecule has 1 aliphatic heterocycles. The molecule has 1 saturated heterocycles. The Hall–Kier alpha value is -1.57. The Kier molecular flexibility index (Phi) is 4.27. The maximum absolute atomic E-state index is 12.5. The number of anilines is 1. The van der Waals surface area contributed by atoms with Crippen LogP contribution in [0, 0.1) is 0 Å². The van der Waals surface area contributed by atoms with Crippen molar-refractivity contribution in [3.8, 4) is 0 Å². The van der Waals surface area contributed by atoms with Gasteiger partial charge < -0.3 is 9.80 Å². The highest BCUT2D eigenvalue weighted by Gasteiger charge is 2.35. The van der Waals surface area contributed by atoms with Gasteiger partial charge in [0.25, 0.3) is 0 Å². The molecule has 1 amide bonds. The van der Waals surface area contributed by atoms with E-state index in [9.17, 15) is 18.0 Å². The van der Waals surface area contributed by atoms with E-state index in [1.165, 1.54) is 4.90 Å². The van der Waals surface area contributed by atoms with Crippen molar-refractivity contribution < 1.29 is 18.0 Å². The number of carbonyl (C=O) groups excluding carboxylic acids is 1. The molecule has 2 rings (SSSR count). The molecule has 5 nitrogen and oxygen atoms in total. The molecule has 0 unspecified atom stereocenters. The Morgan fingerprint density at radius 1 is 1.24 bits per heavy atom. The smallest absolute Gasteiger partial charge is 0.349 e. The Morgan fingerprint density at radius 3 is 2.38 bits per heavy atom. The number of nitrogens with zero attached hydrogens (tertiary/aromatic N) is 4. The van der Waals surface area contributed by atoms with Crippen LogP contribution in [0.4, 0.5) is 23.8 Å². The highest BCUT2D eigenvalue weighted by Crippen LogP contribution is 2.28. The fourth-order valence-corrected chi connectivity index (χ4v) is 2.54. The number of aromatic nitrogens is 2. The molecular formula is C12H14ClF3N4O. The summed E-state index contributed by atoms with van der Waals surface area (Å²) < 4.78 is 37.4. The zero-order valence-corrected chi connectivity index (χ0v) is 12.2. The average Bonchev–Trinajstić information content (AvgIpc) is 2.40. The first kappa shape index (κ1) is 15.8. The lowest BCUT2D eigenvalue weighted by atomic mass is 10.1. The second-order valence-electron chi connectivity index (χ2n) is 5.01. The number of alkyl halides is 3. The quantitative estimate of drug-likeness (QED) is 0.589. The van der Waals surface area contributed by atoms with Crippen LogP contribution >= 0.6 is 11.6 Å². The molecular weight excluding hydrogens is 309 g/mol. The normalized spacial score (nSPS) is 23.3. The van der Waals surface area contributed by atoms with Crippen molar-refractivity contribution in [2.45, 2.75) is 32.1 Å². The lowest BCUT2D eigenvalue weighted by Gasteiger charge is -2.43. The zero-order chi connectivity index (χ0) is 15.8. The monoisotopic (exact) mass is 322 g/mol. The molecule has 0 bridgehead atoms. The predicted octanol–water partition coefficient (Wildman–Crippen LogP) is 2.75. The van der Waals surface area contributed by atoms with Gasteiger partial charge in [0.15, 0.2) is 5.69 Å². The van der Waals surface area contributed by atoms with Gasteiger partial charge in [-0.25, -0.2) is 9.97 Å². The maximum Gasteiger partial charge on any atom is 0.434 e. The summed E-state index contributed by atoms with van der Waals surface area (Å²) in [5.74, 6) is 0.351. The molecule has 1 aromatic rings. The van der Waals surface area contributed by atoms with Crippen LogP contribution in [0.15, 0.2) is 12.4 Å². The summed E-state index contributed by atoms with van der Waals surface area (Å²) in [5.41, 5.74) is -1.03. The second kappa shape index (κ2) is 5.67. The third-order valence-electron chi connectivity index (χ3n) is 3.43. The van der Waals surface area contributed by atoms with Crippen molar-refractivity contribution in [1.29, 1.82) is 0 Å². The first-order valence-electron chi connectivity index (χ1n) is 6.32. The van der Waals surface area contributed by atoms with Crippen molar-refractivity contribution >= 4 is 22.8 Å². The molecule has 2 heterocycles. The number of hydrogen-bond acceptors (Lipinski definition) is 4. The highest BCUT2D eigenvalue weighted by molar-refractivity contribution is 6.62. The Morgan fingerprint density at radius 2 is 1.90 bits per heavy atom. The van der Waals surface area contributed by atoms with Crippen LogP contribution in [0.25, 0.3) is 0 Å². The molecule has 116 valence electrons. The molecule has 1 aliphatic rings. The van der Waals surface area contributed by atoms with Gasteiger partial charge in [0.1, 0.15) is 5.82 Å². The number of amides is 1. The van der Waals surface area contributed by atoms with Crippen LogP contribution in [0.3, 0.4) is 0 Å². The van der Waals surface area contributed by atoms with E-state index in [1.54, 1.807) is 0 Å². The van der Waals surface area contributed by atoms with E-state index in [4.69, 9.17) is 11.6 Å². The minimum absolute atomic E-state index is 0.116. The molecule has 9 heteroatoms. The minimum atomic E-state index is -4.51. The largest absolute Gasteiger partial charge is 0.434 e.